The number of carbonyl (C=O) groups excluding carboxylic acids is 1. The average molecular weight is 397 g/mol. The SMILES string of the molecule is O=C(Cc1ccccc1)Nc1ncccc1OCc1ccccc1Br. The summed E-state index contributed by atoms with van der Waals surface area (Å²) in [5.41, 5.74) is 1.97. The summed E-state index contributed by atoms with van der Waals surface area (Å²) in [6.45, 7) is 0.384. The van der Waals surface area contributed by atoms with Crippen molar-refractivity contribution in [1.82, 2.24) is 4.98 Å². The molecule has 0 unspecified atom stereocenters. The Morgan fingerprint density at radius 1 is 1.00 bits per heavy atom. The Hall–Kier alpha value is -2.66. The monoisotopic (exact) mass is 396 g/mol. The van der Waals surface area contributed by atoms with Crippen LogP contribution < -0.4 is 10.1 Å². The lowest BCUT2D eigenvalue weighted by Crippen LogP contribution is -2.16. The van der Waals surface area contributed by atoms with Gasteiger partial charge < -0.3 is 10.1 Å². The number of pyridine rings is 1. The summed E-state index contributed by atoms with van der Waals surface area (Å²) in [4.78, 5) is 16.5. The highest BCUT2D eigenvalue weighted by atomic mass is 79.9. The molecule has 3 rings (SSSR count). The van der Waals surface area contributed by atoms with Gasteiger partial charge >= 0.3 is 0 Å². The molecule has 0 saturated carbocycles. The zero-order chi connectivity index (χ0) is 17.5. The molecule has 1 aromatic heterocycles. The molecule has 2 aromatic carbocycles. The van der Waals surface area contributed by atoms with E-state index in [0.29, 0.717) is 24.6 Å². The van der Waals surface area contributed by atoms with Gasteiger partial charge in [0.05, 0.1) is 6.42 Å². The quantitative estimate of drug-likeness (QED) is 0.661. The first-order valence-corrected chi connectivity index (χ1v) is 8.66. The maximum atomic E-state index is 12.2. The van der Waals surface area contributed by atoms with Crippen LogP contribution in [0.4, 0.5) is 5.82 Å². The van der Waals surface area contributed by atoms with Crippen LogP contribution in [0.3, 0.4) is 0 Å². The summed E-state index contributed by atoms with van der Waals surface area (Å²) in [5.74, 6) is 0.839. The molecule has 1 heterocycles. The molecule has 4 nitrogen and oxygen atoms in total. The third-order valence-electron chi connectivity index (χ3n) is 3.58. The zero-order valence-corrected chi connectivity index (χ0v) is 15.1. The molecule has 0 spiro atoms. The number of halogens is 1. The molecule has 0 bridgehead atoms. The van der Waals surface area contributed by atoms with Crippen molar-refractivity contribution in [2.24, 2.45) is 0 Å². The molecular weight excluding hydrogens is 380 g/mol. The Morgan fingerprint density at radius 3 is 2.56 bits per heavy atom. The number of ether oxygens (including phenoxy) is 1. The fourth-order valence-electron chi connectivity index (χ4n) is 2.33. The second-order valence-corrected chi connectivity index (χ2v) is 6.30. The standard InChI is InChI=1S/C20H17BrN2O2/c21-17-10-5-4-9-16(17)14-25-18-11-6-12-22-20(18)23-19(24)13-15-7-2-1-3-8-15/h1-12H,13-14H2,(H,22,23,24). The number of carbonyl (C=O) groups is 1. The van der Waals surface area contributed by atoms with Crippen molar-refractivity contribution in [3.05, 3.63) is 88.5 Å². The molecule has 1 amide bonds. The molecule has 0 fully saturated rings. The number of nitrogens with zero attached hydrogens (tertiary/aromatic N) is 1. The molecule has 0 aliphatic rings. The molecule has 25 heavy (non-hydrogen) atoms. The Balaban J connectivity index is 1.66. The highest BCUT2D eigenvalue weighted by Gasteiger charge is 2.10. The first-order valence-electron chi connectivity index (χ1n) is 7.87. The van der Waals surface area contributed by atoms with Crippen LogP contribution in [0.5, 0.6) is 5.75 Å². The molecular formula is C20H17BrN2O2. The van der Waals surface area contributed by atoms with E-state index >= 15 is 0 Å². The molecule has 0 atom stereocenters. The van der Waals surface area contributed by atoms with Gasteiger partial charge in [0.1, 0.15) is 6.61 Å². The van der Waals surface area contributed by atoms with Crippen LogP contribution in [0.15, 0.2) is 77.4 Å². The summed E-state index contributed by atoms with van der Waals surface area (Å²) in [5, 5.41) is 2.82. The van der Waals surface area contributed by atoms with E-state index in [0.717, 1.165) is 15.6 Å². The van der Waals surface area contributed by atoms with Crippen molar-refractivity contribution in [1.29, 1.82) is 0 Å². The lowest BCUT2D eigenvalue weighted by Gasteiger charge is -2.12. The fourth-order valence-corrected chi connectivity index (χ4v) is 2.73. The van der Waals surface area contributed by atoms with Crippen molar-refractivity contribution in [2.75, 3.05) is 5.32 Å². The molecule has 5 heteroatoms. The van der Waals surface area contributed by atoms with Crippen LogP contribution in [0.25, 0.3) is 0 Å². The van der Waals surface area contributed by atoms with Crippen LogP contribution in [-0.2, 0) is 17.8 Å². The van der Waals surface area contributed by atoms with Crippen LogP contribution in [0, 0.1) is 0 Å². The smallest absolute Gasteiger partial charge is 0.230 e. The Bertz CT molecular complexity index is 853. The topological polar surface area (TPSA) is 51.2 Å². The van der Waals surface area contributed by atoms with Gasteiger partial charge in [0.2, 0.25) is 5.91 Å². The summed E-state index contributed by atoms with van der Waals surface area (Å²) >= 11 is 3.50. The first kappa shape index (κ1) is 17.2. The molecule has 0 aliphatic carbocycles. The number of hydrogen-bond acceptors (Lipinski definition) is 3. The number of hydrogen-bond donors (Lipinski definition) is 1. The molecule has 0 saturated heterocycles. The Labute approximate surface area is 155 Å². The Kier molecular flexibility index (Phi) is 5.80. The van der Waals surface area contributed by atoms with Gasteiger partial charge in [-0.1, -0.05) is 64.5 Å². The van der Waals surface area contributed by atoms with E-state index in [4.69, 9.17) is 4.74 Å². The van der Waals surface area contributed by atoms with Gasteiger partial charge in [-0.25, -0.2) is 4.98 Å². The molecule has 1 N–H and O–H groups in total. The van der Waals surface area contributed by atoms with Gasteiger partial charge in [-0.2, -0.15) is 0 Å². The van der Waals surface area contributed by atoms with Gasteiger partial charge in [-0.15, -0.1) is 0 Å². The zero-order valence-electron chi connectivity index (χ0n) is 13.5. The highest BCUT2D eigenvalue weighted by Crippen LogP contribution is 2.24. The molecule has 0 aliphatic heterocycles. The van der Waals surface area contributed by atoms with Gasteiger partial charge in [-0.05, 0) is 23.8 Å². The van der Waals surface area contributed by atoms with E-state index in [-0.39, 0.29) is 5.91 Å². The minimum absolute atomic E-state index is 0.129. The predicted octanol–water partition coefficient (Wildman–Crippen LogP) is 4.60. The predicted molar refractivity (Wildman–Crippen MR) is 101 cm³/mol. The van der Waals surface area contributed by atoms with Crippen molar-refractivity contribution in [3.8, 4) is 5.75 Å². The van der Waals surface area contributed by atoms with E-state index in [2.05, 4.69) is 26.2 Å². The fraction of sp³-hybridized carbons (Fsp3) is 0.100. The lowest BCUT2D eigenvalue weighted by atomic mass is 10.1. The van der Waals surface area contributed by atoms with E-state index in [1.54, 1.807) is 18.3 Å². The van der Waals surface area contributed by atoms with E-state index in [9.17, 15) is 4.79 Å². The molecule has 126 valence electrons. The minimum Gasteiger partial charge on any atom is -0.485 e. The second kappa shape index (κ2) is 8.44. The van der Waals surface area contributed by atoms with Gasteiger partial charge in [0, 0.05) is 16.2 Å². The highest BCUT2D eigenvalue weighted by molar-refractivity contribution is 9.10. The van der Waals surface area contributed by atoms with Crippen molar-refractivity contribution >= 4 is 27.7 Å². The number of anilines is 1. The van der Waals surface area contributed by atoms with Crippen LogP contribution >= 0.6 is 15.9 Å². The number of rotatable bonds is 6. The van der Waals surface area contributed by atoms with Crippen LogP contribution in [-0.4, -0.2) is 10.9 Å². The van der Waals surface area contributed by atoms with Gasteiger partial charge in [0.15, 0.2) is 11.6 Å². The summed E-state index contributed by atoms with van der Waals surface area (Å²) in [6, 6.07) is 21.0. The summed E-state index contributed by atoms with van der Waals surface area (Å²) in [6.07, 6.45) is 1.92. The number of aromatic nitrogens is 1. The number of benzene rings is 2. The van der Waals surface area contributed by atoms with Crippen molar-refractivity contribution < 1.29 is 9.53 Å². The molecule has 3 aromatic rings. The lowest BCUT2D eigenvalue weighted by molar-refractivity contribution is -0.115. The summed E-state index contributed by atoms with van der Waals surface area (Å²) in [7, 11) is 0. The maximum Gasteiger partial charge on any atom is 0.230 e. The summed E-state index contributed by atoms with van der Waals surface area (Å²) < 4.78 is 6.83. The van der Waals surface area contributed by atoms with Crippen LogP contribution in [0.2, 0.25) is 0 Å². The average Bonchev–Trinajstić information content (AvgIpc) is 2.63. The second-order valence-electron chi connectivity index (χ2n) is 5.44. The number of nitrogens with one attached hydrogen (secondary N) is 1. The maximum absolute atomic E-state index is 12.2. The Morgan fingerprint density at radius 2 is 1.76 bits per heavy atom. The van der Waals surface area contributed by atoms with Crippen molar-refractivity contribution in [3.63, 3.8) is 0 Å². The van der Waals surface area contributed by atoms with Crippen molar-refractivity contribution in [2.45, 2.75) is 13.0 Å². The number of amides is 1. The minimum atomic E-state index is -0.129. The third-order valence-corrected chi connectivity index (χ3v) is 4.35. The third kappa shape index (κ3) is 4.90. The largest absolute Gasteiger partial charge is 0.485 e. The van der Waals surface area contributed by atoms with E-state index < -0.39 is 0 Å². The van der Waals surface area contributed by atoms with E-state index in [1.807, 2.05) is 54.6 Å². The van der Waals surface area contributed by atoms with Crippen LogP contribution in [0.1, 0.15) is 11.1 Å². The van der Waals surface area contributed by atoms with Gasteiger partial charge in [-0.3, -0.25) is 4.79 Å². The molecule has 0 radical (unpaired) electrons. The first-order chi connectivity index (χ1) is 12.2. The normalized spacial score (nSPS) is 10.3. The van der Waals surface area contributed by atoms with Gasteiger partial charge in [0.25, 0.3) is 0 Å². The van der Waals surface area contributed by atoms with E-state index in [1.165, 1.54) is 0 Å².